The van der Waals surface area contributed by atoms with Gasteiger partial charge in [0.1, 0.15) is 5.60 Å². The lowest BCUT2D eigenvalue weighted by molar-refractivity contribution is -0.139. The standard InChI is InChI=1S/C13H21N3O2/c1-10-11(9-15-16-10)5-3-7-14-12(17)13(2)6-4-8-18-13/h9H,3-8H2,1-2H3,(H,14,17)(H,15,16). The molecule has 1 unspecified atom stereocenters. The van der Waals surface area contributed by atoms with Gasteiger partial charge in [-0.25, -0.2) is 0 Å². The van der Waals surface area contributed by atoms with E-state index in [1.807, 2.05) is 20.0 Å². The minimum absolute atomic E-state index is 0.0175. The maximum absolute atomic E-state index is 11.9. The number of nitrogens with zero attached hydrogens (tertiary/aromatic N) is 1. The molecule has 1 saturated heterocycles. The van der Waals surface area contributed by atoms with E-state index in [9.17, 15) is 4.79 Å². The Labute approximate surface area is 107 Å². The van der Waals surface area contributed by atoms with Crippen molar-refractivity contribution in [3.8, 4) is 0 Å². The molecule has 1 atom stereocenters. The molecule has 0 radical (unpaired) electrons. The number of H-pyrrole nitrogens is 1. The van der Waals surface area contributed by atoms with Gasteiger partial charge in [-0.15, -0.1) is 0 Å². The summed E-state index contributed by atoms with van der Waals surface area (Å²) >= 11 is 0. The van der Waals surface area contributed by atoms with Crippen molar-refractivity contribution in [2.45, 2.75) is 45.1 Å². The van der Waals surface area contributed by atoms with Crippen LogP contribution in [0, 0.1) is 6.92 Å². The van der Waals surface area contributed by atoms with Crippen LogP contribution in [-0.2, 0) is 16.0 Å². The summed E-state index contributed by atoms with van der Waals surface area (Å²) in [5, 5.41) is 9.84. The summed E-state index contributed by atoms with van der Waals surface area (Å²) in [4.78, 5) is 11.9. The Hall–Kier alpha value is -1.36. The number of aryl methyl sites for hydroxylation is 2. The molecule has 2 heterocycles. The van der Waals surface area contributed by atoms with Crippen LogP contribution in [0.15, 0.2) is 6.20 Å². The van der Waals surface area contributed by atoms with E-state index >= 15 is 0 Å². The van der Waals surface area contributed by atoms with E-state index in [1.54, 1.807) is 0 Å². The monoisotopic (exact) mass is 251 g/mol. The van der Waals surface area contributed by atoms with E-state index in [2.05, 4.69) is 15.5 Å². The van der Waals surface area contributed by atoms with Crippen molar-refractivity contribution in [2.75, 3.05) is 13.2 Å². The van der Waals surface area contributed by atoms with Gasteiger partial charge in [0.25, 0.3) is 5.91 Å². The second-order valence-electron chi connectivity index (χ2n) is 5.06. The molecule has 1 aromatic rings. The van der Waals surface area contributed by atoms with E-state index < -0.39 is 5.60 Å². The fraction of sp³-hybridized carbons (Fsp3) is 0.692. The highest BCUT2D eigenvalue weighted by atomic mass is 16.5. The zero-order valence-corrected chi connectivity index (χ0v) is 11.1. The van der Waals surface area contributed by atoms with E-state index in [4.69, 9.17) is 4.74 Å². The van der Waals surface area contributed by atoms with Crippen molar-refractivity contribution >= 4 is 5.91 Å². The summed E-state index contributed by atoms with van der Waals surface area (Å²) in [6.07, 6.45) is 5.48. The molecule has 1 aliphatic heterocycles. The second-order valence-corrected chi connectivity index (χ2v) is 5.06. The van der Waals surface area contributed by atoms with Crippen molar-refractivity contribution in [3.05, 3.63) is 17.5 Å². The van der Waals surface area contributed by atoms with Crippen LogP contribution in [-0.4, -0.2) is 34.9 Å². The van der Waals surface area contributed by atoms with Gasteiger partial charge in [0.05, 0.1) is 6.20 Å². The fourth-order valence-electron chi connectivity index (χ4n) is 2.25. The lowest BCUT2D eigenvalue weighted by atomic mass is 10.0. The van der Waals surface area contributed by atoms with Crippen molar-refractivity contribution in [2.24, 2.45) is 0 Å². The summed E-state index contributed by atoms with van der Waals surface area (Å²) in [7, 11) is 0. The molecule has 5 nitrogen and oxygen atoms in total. The zero-order chi connectivity index (χ0) is 13.0. The van der Waals surface area contributed by atoms with Gasteiger partial charge >= 0.3 is 0 Å². The molecular formula is C13H21N3O2. The number of carbonyl (C=O) groups is 1. The van der Waals surface area contributed by atoms with Crippen LogP contribution in [0.1, 0.15) is 37.4 Å². The molecule has 100 valence electrons. The van der Waals surface area contributed by atoms with Crippen molar-refractivity contribution < 1.29 is 9.53 Å². The van der Waals surface area contributed by atoms with Gasteiger partial charge in [-0.3, -0.25) is 9.89 Å². The van der Waals surface area contributed by atoms with Crippen molar-refractivity contribution in [1.82, 2.24) is 15.5 Å². The average Bonchev–Trinajstić information content (AvgIpc) is 2.95. The first-order chi connectivity index (χ1) is 8.62. The van der Waals surface area contributed by atoms with Crippen LogP contribution in [0.3, 0.4) is 0 Å². The number of hydrogen-bond acceptors (Lipinski definition) is 3. The number of aromatic amines is 1. The number of amides is 1. The van der Waals surface area contributed by atoms with Crippen molar-refractivity contribution in [1.29, 1.82) is 0 Å². The first-order valence-electron chi connectivity index (χ1n) is 6.53. The van der Waals surface area contributed by atoms with E-state index in [-0.39, 0.29) is 5.91 Å². The summed E-state index contributed by atoms with van der Waals surface area (Å²) in [6.45, 7) is 5.25. The van der Waals surface area contributed by atoms with Gasteiger partial charge in [0, 0.05) is 18.8 Å². The van der Waals surface area contributed by atoms with Crippen LogP contribution in [0.4, 0.5) is 0 Å². The Bertz CT molecular complexity index is 408. The SMILES string of the molecule is Cc1[nH]ncc1CCCNC(=O)C1(C)CCCO1. The van der Waals surface area contributed by atoms with Gasteiger partial charge in [-0.1, -0.05) is 0 Å². The number of rotatable bonds is 5. The van der Waals surface area contributed by atoms with Crippen molar-refractivity contribution in [3.63, 3.8) is 0 Å². The van der Waals surface area contributed by atoms with Crippen LogP contribution in [0.2, 0.25) is 0 Å². The smallest absolute Gasteiger partial charge is 0.251 e. The number of aromatic nitrogens is 2. The third-order valence-electron chi connectivity index (χ3n) is 3.54. The minimum atomic E-state index is -0.606. The number of ether oxygens (including phenoxy) is 1. The average molecular weight is 251 g/mol. The predicted octanol–water partition coefficient (Wildman–Crippen LogP) is 1.34. The highest BCUT2D eigenvalue weighted by molar-refractivity contribution is 5.84. The quantitative estimate of drug-likeness (QED) is 0.776. The number of hydrogen-bond donors (Lipinski definition) is 2. The van der Waals surface area contributed by atoms with Crippen LogP contribution in [0.25, 0.3) is 0 Å². The normalized spacial score (nSPS) is 23.2. The van der Waals surface area contributed by atoms with Gasteiger partial charge < -0.3 is 10.1 Å². The topological polar surface area (TPSA) is 67.0 Å². The second kappa shape index (κ2) is 5.52. The largest absolute Gasteiger partial charge is 0.365 e. The third kappa shape index (κ3) is 2.90. The zero-order valence-electron chi connectivity index (χ0n) is 11.1. The predicted molar refractivity (Wildman–Crippen MR) is 68.2 cm³/mol. The van der Waals surface area contributed by atoms with E-state index in [1.165, 1.54) is 5.56 Å². The van der Waals surface area contributed by atoms with Crippen LogP contribution in [0.5, 0.6) is 0 Å². The first kappa shape index (κ1) is 13.1. The highest BCUT2D eigenvalue weighted by Crippen LogP contribution is 2.24. The van der Waals surface area contributed by atoms with Gasteiger partial charge in [-0.05, 0) is 45.1 Å². The molecule has 1 amide bonds. The maximum Gasteiger partial charge on any atom is 0.251 e. The van der Waals surface area contributed by atoms with Gasteiger partial charge in [0.2, 0.25) is 0 Å². The van der Waals surface area contributed by atoms with Crippen LogP contribution < -0.4 is 5.32 Å². The molecule has 2 N–H and O–H groups in total. The minimum Gasteiger partial charge on any atom is -0.365 e. The Balaban J connectivity index is 1.69. The number of carbonyl (C=O) groups excluding carboxylic acids is 1. The molecule has 0 aromatic carbocycles. The van der Waals surface area contributed by atoms with E-state index in [0.29, 0.717) is 13.2 Å². The molecule has 1 fully saturated rings. The Morgan fingerprint density at radius 3 is 3.11 bits per heavy atom. The molecule has 0 bridgehead atoms. The molecular weight excluding hydrogens is 230 g/mol. The van der Waals surface area contributed by atoms with E-state index in [0.717, 1.165) is 31.4 Å². The summed E-state index contributed by atoms with van der Waals surface area (Å²) in [5.41, 5.74) is 1.71. The Morgan fingerprint density at radius 2 is 2.50 bits per heavy atom. The fourth-order valence-corrected chi connectivity index (χ4v) is 2.25. The molecule has 0 saturated carbocycles. The Morgan fingerprint density at radius 1 is 1.67 bits per heavy atom. The molecule has 0 spiro atoms. The summed E-state index contributed by atoms with van der Waals surface area (Å²) in [6, 6.07) is 0. The molecule has 5 heteroatoms. The lowest BCUT2D eigenvalue weighted by Crippen LogP contribution is -2.44. The molecule has 1 aromatic heterocycles. The van der Waals surface area contributed by atoms with Gasteiger partial charge in [-0.2, -0.15) is 5.10 Å². The molecule has 18 heavy (non-hydrogen) atoms. The number of nitrogens with one attached hydrogen (secondary N) is 2. The molecule has 1 aliphatic rings. The highest BCUT2D eigenvalue weighted by Gasteiger charge is 2.37. The lowest BCUT2D eigenvalue weighted by Gasteiger charge is -2.21. The molecule has 2 rings (SSSR count). The maximum atomic E-state index is 11.9. The first-order valence-corrected chi connectivity index (χ1v) is 6.53. The molecule has 0 aliphatic carbocycles. The summed E-state index contributed by atoms with van der Waals surface area (Å²) in [5.74, 6) is 0.0175. The third-order valence-corrected chi connectivity index (χ3v) is 3.54. The Kier molecular flexibility index (Phi) is 4.01. The summed E-state index contributed by atoms with van der Waals surface area (Å²) < 4.78 is 5.50. The van der Waals surface area contributed by atoms with Gasteiger partial charge in [0.15, 0.2) is 0 Å². The van der Waals surface area contributed by atoms with Crippen LogP contribution >= 0.6 is 0 Å².